The van der Waals surface area contributed by atoms with E-state index in [2.05, 4.69) is 10.3 Å². The van der Waals surface area contributed by atoms with Crippen LogP contribution in [0.25, 0.3) is 0 Å². The predicted octanol–water partition coefficient (Wildman–Crippen LogP) is 0.669. The average Bonchev–Trinajstić information content (AvgIpc) is 2.16. The first-order valence-electron chi connectivity index (χ1n) is 4.20. The molecule has 0 atom stereocenters. The lowest BCUT2D eigenvalue weighted by Crippen LogP contribution is -2.14. The van der Waals surface area contributed by atoms with Gasteiger partial charge in [0.05, 0.1) is 11.0 Å². The molecule has 0 saturated heterocycles. The van der Waals surface area contributed by atoms with Crippen molar-refractivity contribution in [2.45, 2.75) is 6.92 Å². The zero-order chi connectivity index (χ0) is 10.6. The molecule has 76 valence electrons. The molecule has 1 heterocycles. The van der Waals surface area contributed by atoms with E-state index in [1.165, 1.54) is 12.3 Å². The van der Waals surface area contributed by atoms with E-state index >= 15 is 0 Å². The fraction of sp³-hybridized carbons (Fsp3) is 0.375. The van der Waals surface area contributed by atoms with E-state index in [-0.39, 0.29) is 5.69 Å². The van der Waals surface area contributed by atoms with Crippen molar-refractivity contribution < 1.29 is 4.92 Å². The number of hydrogen-bond donors (Lipinski definition) is 2. The van der Waals surface area contributed by atoms with Gasteiger partial charge in [0.2, 0.25) is 0 Å². The standard InChI is InChI=1S/C8H12N4O2/c1-6-5-11-8(10-3-2-9)4-7(6)12(13)14/h4-5H,2-3,9H2,1H3,(H,10,11). The highest BCUT2D eigenvalue weighted by molar-refractivity contribution is 5.48. The predicted molar refractivity (Wildman–Crippen MR) is 53.2 cm³/mol. The number of aryl methyl sites for hydroxylation is 1. The summed E-state index contributed by atoms with van der Waals surface area (Å²) in [5.74, 6) is 0.479. The molecule has 1 aromatic rings. The van der Waals surface area contributed by atoms with Crippen LogP contribution in [0.3, 0.4) is 0 Å². The van der Waals surface area contributed by atoms with E-state index in [0.29, 0.717) is 24.5 Å². The van der Waals surface area contributed by atoms with E-state index in [9.17, 15) is 10.1 Å². The van der Waals surface area contributed by atoms with Crippen molar-refractivity contribution >= 4 is 11.5 Å². The number of hydrogen-bond acceptors (Lipinski definition) is 5. The Balaban J connectivity index is 2.89. The van der Waals surface area contributed by atoms with Gasteiger partial charge in [-0.1, -0.05) is 0 Å². The van der Waals surface area contributed by atoms with Gasteiger partial charge in [-0.3, -0.25) is 10.1 Å². The van der Waals surface area contributed by atoms with E-state index in [4.69, 9.17) is 5.73 Å². The summed E-state index contributed by atoms with van der Waals surface area (Å²) in [6.07, 6.45) is 1.47. The van der Waals surface area contributed by atoms with Gasteiger partial charge in [-0.25, -0.2) is 4.98 Å². The molecule has 14 heavy (non-hydrogen) atoms. The Labute approximate surface area is 81.3 Å². The van der Waals surface area contributed by atoms with Gasteiger partial charge in [0.25, 0.3) is 5.69 Å². The van der Waals surface area contributed by atoms with Gasteiger partial charge in [0, 0.05) is 24.8 Å². The first kappa shape index (κ1) is 10.4. The largest absolute Gasteiger partial charge is 0.369 e. The molecule has 3 N–H and O–H groups in total. The summed E-state index contributed by atoms with van der Waals surface area (Å²) >= 11 is 0. The Morgan fingerprint density at radius 3 is 3.00 bits per heavy atom. The third-order valence-electron chi connectivity index (χ3n) is 1.72. The van der Waals surface area contributed by atoms with E-state index in [1.54, 1.807) is 6.92 Å². The number of aromatic nitrogens is 1. The number of nitrogens with two attached hydrogens (primary N) is 1. The van der Waals surface area contributed by atoms with Gasteiger partial charge in [-0.2, -0.15) is 0 Å². The molecule has 1 aromatic heterocycles. The molecule has 0 amide bonds. The third-order valence-corrected chi connectivity index (χ3v) is 1.72. The second-order valence-electron chi connectivity index (χ2n) is 2.83. The van der Waals surface area contributed by atoms with Gasteiger partial charge in [-0.15, -0.1) is 0 Å². The lowest BCUT2D eigenvalue weighted by molar-refractivity contribution is -0.385. The molecule has 0 unspecified atom stereocenters. The monoisotopic (exact) mass is 196 g/mol. The maximum atomic E-state index is 10.6. The number of pyridine rings is 1. The number of anilines is 1. The second kappa shape index (κ2) is 4.52. The van der Waals surface area contributed by atoms with Crippen LogP contribution in [-0.2, 0) is 0 Å². The fourth-order valence-corrected chi connectivity index (χ4v) is 1.01. The topological polar surface area (TPSA) is 94.1 Å². The normalized spacial score (nSPS) is 9.86. The Morgan fingerprint density at radius 2 is 2.43 bits per heavy atom. The summed E-state index contributed by atoms with van der Waals surface area (Å²) < 4.78 is 0. The second-order valence-corrected chi connectivity index (χ2v) is 2.83. The van der Waals surface area contributed by atoms with Crippen LogP contribution in [0, 0.1) is 17.0 Å². The molecule has 0 bridgehead atoms. The minimum absolute atomic E-state index is 0.0690. The SMILES string of the molecule is Cc1cnc(NCCN)cc1[N+](=O)[O-]. The quantitative estimate of drug-likeness (QED) is 0.545. The molecular formula is C8H12N4O2. The molecule has 0 aliphatic heterocycles. The molecule has 0 aliphatic rings. The van der Waals surface area contributed by atoms with Gasteiger partial charge in [-0.05, 0) is 6.92 Å². The Kier molecular flexibility index (Phi) is 3.35. The lowest BCUT2D eigenvalue weighted by Gasteiger charge is -2.03. The third kappa shape index (κ3) is 2.40. The fourth-order valence-electron chi connectivity index (χ4n) is 1.01. The molecule has 0 spiro atoms. The van der Waals surface area contributed by atoms with Crippen molar-refractivity contribution in [3.05, 3.63) is 27.9 Å². The van der Waals surface area contributed by atoms with Crippen molar-refractivity contribution in [3.63, 3.8) is 0 Å². The van der Waals surface area contributed by atoms with Gasteiger partial charge in [0.1, 0.15) is 5.82 Å². The number of nitrogens with one attached hydrogen (secondary N) is 1. The Hall–Kier alpha value is -1.69. The molecule has 6 nitrogen and oxygen atoms in total. The van der Waals surface area contributed by atoms with Crippen molar-refractivity contribution in [2.24, 2.45) is 5.73 Å². The summed E-state index contributed by atoms with van der Waals surface area (Å²) in [5.41, 5.74) is 5.90. The molecule has 0 aliphatic carbocycles. The Morgan fingerprint density at radius 1 is 1.71 bits per heavy atom. The van der Waals surface area contributed by atoms with E-state index < -0.39 is 4.92 Å². The summed E-state index contributed by atoms with van der Waals surface area (Å²) in [6, 6.07) is 1.41. The molecule has 0 fully saturated rings. The highest BCUT2D eigenvalue weighted by Gasteiger charge is 2.11. The van der Waals surface area contributed by atoms with Gasteiger partial charge < -0.3 is 11.1 Å². The maximum absolute atomic E-state index is 10.6. The zero-order valence-corrected chi connectivity index (χ0v) is 7.86. The molecule has 0 saturated carbocycles. The molecule has 0 radical (unpaired) electrons. The van der Waals surface area contributed by atoms with Crippen LogP contribution >= 0.6 is 0 Å². The van der Waals surface area contributed by atoms with Gasteiger partial charge in [0.15, 0.2) is 0 Å². The number of nitro groups is 1. The Bertz CT molecular complexity index is 340. The van der Waals surface area contributed by atoms with Crippen molar-refractivity contribution in [1.82, 2.24) is 4.98 Å². The lowest BCUT2D eigenvalue weighted by atomic mass is 10.2. The van der Waals surface area contributed by atoms with Crippen molar-refractivity contribution in [3.8, 4) is 0 Å². The minimum atomic E-state index is -0.426. The molecule has 1 rings (SSSR count). The van der Waals surface area contributed by atoms with Crippen LogP contribution in [0.2, 0.25) is 0 Å². The van der Waals surface area contributed by atoms with Crippen LogP contribution < -0.4 is 11.1 Å². The van der Waals surface area contributed by atoms with Crippen LogP contribution in [0.1, 0.15) is 5.56 Å². The number of nitrogens with zero attached hydrogens (tertiary/aromatic N) is 2. The van der Waals surface area contributed by atoms with E-state index in [1.807, 2.05) is 0 Å². The summed E-state index contributed by atoms with van der Waals surface area (Å²) in [6.45, 7) is 2.66. The molecule has 0 aromatic carbocycles. The minimum Gasteiger partial charge on any atom is -0.369 e. The number of rotatable bonds is 4. The maximum Gasteiger partial charge on any atom is 0.277 e. The van der Waals surface area contributed by atoms with Crippen LogP contribution in [0.5, 0.6) is 0 Å². The highest BCUT2D eigenvalue weighted by Crippen LogP contribution is 2.19. The van der Waals surface area contributed by atoms with Crippen LogP contribution in [0.15, 0.2) is 12.3 Å². The summed E-state index contributed by atoms with van der Waals surface area (Å²) in [7, 11) is 0. The average molecular weight is 196 g/mol. The van der Waals surface area contributed by atoms with E-state index in [0.717, 1.165) is 0 Å². The van der Waals surface area contributed by atoms with Crippen molar-refractivity contribution in [2.75, 3.05) is 18.4 Å². The smallest absolute Gasteiger partial charge is 0.277 e. The summed E-state index contributed by atoms with van der Waals surface area (Å²) in [4.78, 5) is 14.1. The molecule has 6 heteroatoms. The first-order valence-corrected chi connectivity index (χ1v) is 4.20. The van der Waals surface area contributed by atoms with Crippen LogP contribution in [0.4, 0.5) is 11.5 Å². The molecular weight excluding hydrogens is 184 g/mol. The zero-order valence-electron chi connectivity index (χ0n) is 7.86. The van der Waals surface area contributed by atoms with Crippen LogP contribution in [-0.4, -0.2) is 23.0 Å². The van der Waals surface area contributed by atoms with Crippen molar-refractivity contribution in [1.29, 1.82) is 0 Å². The van der Waals surface area contributed by atoms with Gasteiger partial charge >= 0.3 is 0 Å². The highest BCUT2D eigenvalue weighted by atomic mass is 16.6. The summed E-state index contributed by atoms with van der Waals surface area (Å²) in [5, 5.41) is 13.4. The first-order chi connectivity index (χ1) is 6.65.